The summed E-state index contributed by atoms with van der Waals surface area (Å²) in [5, 5.41) is 19.9. The molecule has 20 heavy (non-hydrogen) atoms. The fourth-order valence-electron chi connectivity index (χ4n) is 1.52. The number of hydrogen-bond donors (Lipinski definition) is 0. The Morgan fingerprint density at radius 1 is 1.40 bits per heavy atom. The van der Waals surface area contributed by atoms with E-state index in [9.17, 15) is 10.1 Å². The fraction of sp³-hybridized carbons (Fsp3) is 0.0769. The van der Waals surface area contributed by atoms with E-state index in [1.807, 2.05) is 13.0 Å². The molecule has 0 spiro atoms. The summed E-state index contributed by atoms with van der Waals surface area (Å²) in [7, 11) is 0. The van der Waals surface area contributed by atoms with Crippen LogP contribution in [0.4, 0.5) is 5.69 Å². The van der Waals surface area contributed by atoms with Gasteiger partial charge in [0.1, 0.15) is 11.8 Å². The molecule has 0 aliphatic heterocycles. The standard InChI is InChI=1S/C13H8ClN3O3/c1-8-2-3-9(14)12(6-8)20-13-5-4-11(17(18)19)10(7-15)16-13/h2-6H,1H3. The first-order valence-electron chi connectivity index (χ1n) is 5.51. The van der Waals surface area contributed by atoms with Gasteiger partial charge in [0.15, 0.2) is 0 Å². The second-order valence-corrected chi connectivity index (χ2v) is 4.33. The van der Waals surface area contributed by atoms with Gasteiger partial charge in [-0.1, -0.05) is 17.7 Å². The molecule has 0 saturated carbocycles. The zero-order valence-corrected chi connectivity index (χ0v) is 11.1. The van der Waals surface area contributed by atoms with Crippen LogP contribution in [0.25, 0.3) is 0 Å². The number of halogens is 1. The van der Waals surface area contributed by atoms with Crippen LogP contribution in [0.15, 0.2) is 30.3 Å². The lowest BCUT2D eigenvalue weighted by molar-refractivity contribution is -0.385. The van der Waals surface area contributed by atoms with Crippen LogP contribution in [0, 0.1) is 28.4 Å². The van der Waals surface area contributed by atoms with Crippen molar-refractivity contribution in [3.05, 3.63) is 56.7 Å². The summed E-state index contributed by atoms with van der Waals surface area (Å²) in [5.41, 5.74) is 0.262. The highest BCUT2D eigenvalue weighted by atomic mass is 35.5. The van der Waals surface area contributed by atoms with E-state index in [4.69, 9.17) is 21.6 Å². The topological polar surface area (TPSA) is 89.0 Å². The Kier molecular flexibility index (Phi) is 3.82. The van der Waals surface area contributed by atoms with E-state index in [0.29, 0.717) is 10.8 Å². The van der Waals surface area contributed by atoms with Gasteiger partial charge in [-0.2, -0.15) is 10.2 Å². The quantitative estimate of drug-likeness (QED) is 0.636. The minimum absolute atomic E-state index is 0.0691. The van der Waals surface area contributed by atoms with Gasteiger partial charge in [0.25, 0.3) is 0 Å². The van der Waals surface area contributed by atoms with Gasteiger partial charge in [0.2, 0.25) is 11.6 Å². The zero-order chi connectivity index (χ0) is 14.7. The van der Waals surface area contributed by atoms with E-state index in [-0.39, 0.29) is 17.3 Å². The predicted octanol–water partition coefficient (Wildman–Crippen LogP) is 3.62. The lowest BCUT2D eigenvalue weighted by Gasteiger charge is -2.07. The number of nitro groups is 1. The summed E-state index contributed by atoms with van der Waals surface area (Å²) in [6.07, 6.45) is 0. The zero-order valence-electron chi connectivity index (χ0n) is 10.3. The lowest BCUT2D eigenvalue weighted by Crippen LogP contribution is -1.97. The van der Waals surface area contributed by atoms with E-state index in [2.05, 4.69) is 4.98 Å². The largest absolute Gasteiger partial charge is 0.437 e. The molecule has 0 aliphatic carbocycles. The SMILES string of the molecule is Cc1ccc(Cl)c(Oc2ccc([N+](=O)[O-])c(C#N)n2)c1. The summed E-state index contributed by atoms with van der Waals surface area (Å²) in [5.74, 6) is 0.441. The first-order chi connectivity index (χ1) is 9.51. The van der Waals surface area contributed by atoms with Crippen molar-refractivity contribution in [2.75, 3.05) is 0 Å². The molecular weight excluding hydrogens is 282 g/mol. The van der Waals surface area contributed by atoms with Crippen molar-refractivity contribution in [1.82, 2.24) is 4.98 Å². The number of ether oxygens (including phenoxy) is 1. The maximum Gasteiger partial charge on any atom is 0.305 e. The molecule has 0 fully saturated rings. The van der Waals surface area contributed by atoms with Crippen LogP contribution in [0.2, 0.25) is 5.02 Å². The Bertz CT molecular complexity index is 725. The molecule has 2 rings (SSSR count). The Morgan fingerprint density at radius 2 is 2.15 bits per heavy atom. The Labute approximate surface area is 119 Å². The molecule has 0 amide bonds. The molecule has 1 heterocycles. The summed E-state index contributed by atoms with van der Waals surface area (Å²) < 4.78 is 5.45. The van der Waals surface area contributed by atoms with Crippen molar-refractivity contribution in [3.63, 3.8) is 0 Å². The van der Waals surface area contributed by atoms with E-state index >= 15 is 0 Å². The van der Waals surface area contributed by atoms with Gasteiger partial charge in [-0.05, 0) is 24.6 Å². The van der Waals surface area contributed by atoms with E-state index in [1.165, 1.54) is 12.1 Å². The van der Waals surface area contributed by atoms with Gasteiger partial charge < -0.3 is 4.74 Å². The van der Waals surface area contributed by atoms with Crippen molar-refractivity contribution in [3.8, 4) is 17.7 Å². The molecule has 0 aliphatic rings. The molecule has 6 nitrogen and oxygen atoms in total. The first-order valence-corrected chi connectivity index (χ1v) is 5.88. The molecule has 2 aromatic rings. The number of pyridine rings is 1. The minimum atomic E-state index is -0.672. The highest BCUT2D eigenvalue weighted by Crippen LogP contribution is 2.30. The van der Waals surface area contributed by atoms with Crippen molar-refractivity contribution in [2.45, 2.75) is 6.92 Å². The van der Waals surface area contributed by atoms with E-state index < -0.39 is 4.92 Å². The van der Waals surface area contributed by atoms with Crippen LogP contribution >= 0.6 is 11.6 Å². The van der Waals surface area contributed by atoms with Gasteiger partial charge >= 0.3 is 5.69 Å². The third-order valence-corrected chi connectivity index (χ3v) is 2.76. The van der Waals surface area contributed by atoms with Crippen molar-refractivity contribution >= 4 is 17.3 Å². The minimum Gasteiger partial charge on any atom is -0.437 e. The van der Waals surface area contributed by atoms with Crippen molar-refractivity contribution < 1.29 is 9.66 Å². The Balaban J connectivity index is 2.38. The van der Waals surface area contributed by atoms with Crippen LogP contribution in [0.1, 0.15) is 11.3 Å². The van der Waals surface area contributed by atoms with Gasteiger partial charge in [-0.15, -0.1) is 0 Å². The van der Waals surface area contributed by atoms with Crippen LogP contribution in [-0.4, -0.2) is 9.91 Å². The molecular formula is C13H8ClN3O3. The number of benzene rings is 1. The van der Waals surface area contributed by atoms with Crippen LogP contribution in [0.5, 0.6) is 11.6 Å². The Hall–Kier alpha value is -2.65. The molecule has 0 saturated heterocycles. The van der Waals surface area contributed by atoms with Gasteiger partial charge in [-0.3, -0.25) is 10.1 Å². The van der Waals surface area contributed by atoms with Crippen LogP contribution < -0.4 is 4.74 Å². The molecule has 100 valence electrons. The van der Waals surface area contributed by atoms with E-state index in [1.54, 1.807) is 18.2 Å². The number of aryl methyl sites for hydroxylation is 1. The number of hydrogen-bond acceptors (Lipinski definition) is 5. The second-order valence-electron chi connectivity index (χ2n) is 3.92. The maximum atomic E-state index is 10.7. The molecule has 0 N–H and O–H groups in total. The molecule has 0 atom stereocenters. The highest BCUT2D eigenvalue weighted by molar-refractivity contribution is 6.32. The average molecular weight is 290 g/mol. The highest BCUT2D eigenvalue weighted by Gasteiger charge is 2.16. The third-order valence-electron chi connectivity index (χ3n) is 2.45. The van der Waals surface area contributed by atoms with Gasteiger partial charge in [0, 0.05) is 12.1 Å². The monoisotopic (exact) mass is 289 g/mol. The van der Waals surface area contributed by atoms with Crippen molar-refractivity contribution in [1.29, 1.82) is 5.26 Å². The number of rotatable bonds is 3. The van der Waals surface area contributed by atoms with Crippen molar-refractivity contribution in [2.24, 2.45) is 0 Å². The molecule has 1 aromatic carbocycles. The Morgan fingerprint density at radius 3 is 2.80 bits per heavy atom. The summed E-state index contributed by atoms with van der Waals surface area (Å²) >= 11 is 5.98. The van der Waals surface area contributed by atoms with Crippen LogP contribution in [0.3, 0.4) is 0 Å². The number of nitriles is 1. The maximum absolute atomic E-state index is 10.7. The third kappa shape index (κ3) is 2.84. The summed E-state index contributed by atoms with van der Waals surface area (Å²) in [6, 6.07) is 9.35. The first kappa shape index (κ1) is 13.8. The van der Waals surface area contributed by atoms with Gasteiger partial charge in [-0.25, -0.2) is 0 Å². The molecule has 0 unspecified atom stereocenters. The smallest absolute Gasteiger partial charge is 0.305 e. The van der Waals surface area contributed by atoms with Crippen LogP contribution in [-0.2, 0) is 0 Å². The molecule has 0 radical (unpaired) electrons. The number of nitrogens with zero attached hydrogens (tertiary/aromatic N) is 3. The summed E-state index contributed by atoms with van der Waals surface area (Å²) in [6.45, 7) is 1.87. The van der Waals surface area contributed by atoms with Gasteiger partial charge in [0.05, 0.1) is 9.95 Å². The summed E-state index contributed by atoms with van der Waals surface area (Å²) in [4.78, 5) is 13.8. The predicted molar refractivity (Wildman–Crippen MR) is 71.9 cm³/mol. The lowest BCUT2D eigenvalue weighted by atomic mass is 10.2. The second kappa shape index (κ2) is 5.55. The number of aromatic nitrogens is 1. The molecule has 1 aromatic heterocycles. The molecule has 7 heteroatoms. The molecule has 0 bridgehead atoms. The normalized spacial score (nSPS) is 9.85. The fourth-order valence-corrected chi connectivity index (χ4v) is 1.68. The van der Waals surface area contributed by atoms with E-state index in [0.717, 1.165) is 5.56 Å². The average Bonchev–Trinajstić information content (AvgIpc) is 2.42.